The molecule has 0 fully saturated rings. The summed E-state index contributed by atoms with van der Waals surface area (Å²) in [4.78, 5) is 24.0. The number of aromatic amines is 2. The highest BCUT2D eigenvalue weighted by molar-refractivity contribution is 6.37. The molecular weight excluding hydrogens is 376 g/mol. The summed E-state index contributed by atoms with van der Waals surface area (Å²) in [6, 6.07) is 16.2. The van der Waals surface area contributed by atoms with Gasteiger partial charge in [-0.3, -0.25) is 4.79 Å². The van der Waals surface area contributed by atoms with E-state index in [9.17, 15) is 4.79 Å². The van der Waals surface area contributed by atoms with Crippen molar-refractivity contribution in [2.75, 3.05) is 12.4 Å². The fraction of sp³-hybridized carbons (Fsp3) is 0.167. The Bertz CT molecular complexity index is 1250. The van der Waals surface area contributed by atoms with E-state index in [0.717, 1.165) is 53.1 Å². The van der Waals surface area contributed by atoms with Crippen molar-refractivity contribution in [1.82, 2.24) is 15.0 Å². The number of methoxy groups -OCH3 is 1. The molecule has 0 unspecified atom stereocenters. The normalized spacial score (nSPS) is 14.3. The Morgan fingerprint density at radius 1 is 1.07 bits per heavy atom. The number of ether oxygens (including phenoxy) is 1. The maximum atomic E-state index is 12.7. The van der Waals surface area contributed by atoms with Gasteiger partial charge in [0.05, 0.1) is 35.1 Å². The molecule has 1 aliphatic rings. The van der Waals surface area contributed by atoms with E-state index in [0.29, 0.717) is 11.3 Å². The molecular formula is C24H22N4O2. The van der Waals surface area contributed by atoms with Gasteiger partial charge in [-0.15, -0.1) is 0 Å². The van der Waals surface area contributed by atoms with Crippen molar-refractivity contribution in [3.05, 3.63) is 77.4 Å². The van der Waals surface area contributed by atoms with Crippen molar-refractivity contribution in [1.29, 1.82) is 0 Å². The highest BCUT2D eigenvalue weighted by atomic mass is 16.5. The highest BCUT2D eigenvalue weighted by Gasteiger charge is 2.28. The first-order valence-electron chi connectivity index (χ1n) is 10.0. The number of imidazole rings is 1. The molecule has 1 amide bonds. The highest BCUT2D eigenvalue weighted by Crippen LogP contribution is 2.38. The van der Waals surface area contributed by atoms with Crippen molar-refractivity contribution >= 4 is 34.3 Å². The largest absolute Gasteiger partial charge is 0.495 e. The molecule has 3 heterocycles. The van der Waals surface area contributed by atoms with E-state index < -0.39 is 0 Å². The van der Waals surface area contributed by atoms with Crippen LogP contribution in [-0.4, -0.2) is 28.0 Å². The quantitative estimate of drug-likeness (QED) is 0.416. The Balaban J connectivity index is 1.46. The zero-order valence-electron chi connectivity index (χ0n) is 16.7. The van der Waals surface area contributed by atoms with Crippen molar-refractivity contribution in [3.63, 3.8) is 0 Å². The van der Waals surface area contributed by atoms with E-state index in [1.54, 1.807) is 13.3 Å². The summed E-state index contributed by atoms with van der Waals surface area (Å²) >= 11 is 0. The van der Waals surface area contributed by atoms with Crippen LogP contribution in [0.25, 0.3) is 22.7 Å². The number of benzene rings is 2. The van der Waals surface area contributed by atoms with E-state index >= 15 is 0 Å². The topological polar surface area (TPSA) is 82.8 Å². The Hall–Kier alpha value is -3.80. The van der Waals surface area contributed by atoms with Crippen molar-refractivity contribution in [3.8, 4) is 5.75 Å². The van der Waals surface area contributed by atoms with Gasteiger partial charge in [-0.2, -0.15) is 0 Å². The van der Waals surface area contributed by atoms with Crippen LogP contribution in [0.15, 0.2) is 54.7 Å². The Kier molecular flexibility index (Phi) is 4.59. The van der Waals surface area contributed by atoms with Crippen LogP contribution in [-0.2, 0) is 17.6 Å². The number of aryl methyl sites for hydroxylation is 2. The molecule has 0 aliphatic carbocycles. The second-order valence-electron chi connectivity index (χ2n) is 7.38. The molecule has 2 aromatic heterocycles. The zero-order valence-corrected chi connectivity index (χ0v) is 16.7. The predicted octanol–water partition coefficient (Wildman–Crippen LogP) is 4.57. The van der Waals surface area contributed by atoms with Gasteiger partial charge in [-0.25, -0.2) is 4.98 Å². The number of anilines is 1. The van der Waals surface area contributed by atoms with Crippen molar-refractivity contribution < 1.29 is 9.53 Å². The lowest BCUT2D eigenvalue weighted by molar-refractivity contribution is -0.110. The summed E-state index contributed by atoms with van der Waals surface area (Å²) in [7, 11) is 1.61. The summed E-state index contributed by atoms with van der Waals surface area (Å²) in [6.07, 6.45) is 6.48. The van der Waals surface area contributed by atoms with E-state index in [1.807, 2.05) is 30.3 Å². The third-order valence-electron chi connectivity index (χ3n) is 5.44. The van der Waals surface area contributed by atoms with Crippen LogP contribution in [0.1, 0.15) is 29.1 Å². The first kappa shape index (κ1) is 18.2. The van der Waals surface area contributed by atoms with Gasteiger partial charge in [0.25, 0.3) is 5.91 Å². The number of carbonyl (C=O) groups is 1. The Morgan fingerprint density at radius 3 is 2.77 bits per heavy atom. The predicted molar refractivity (Wildman–Crippen MR) is 118 cm³/mol. The van der Waals surface area contributed by atoms with Gasteiger partial charge >= 0.3 is 0 Å². The standard InChI is InChI=1S/C24H22N4O2/c1-30-20-12-13-25-19(20)14-16-22-17(27-24(16)29)10-11-18-23(22)28-21(26-18)9-5-8-15-6-3-2-4-7-15/h2-4,6-7,10-14,25H,5,8-9H2,1H3,(H,26,28)(H,27,29). The van der Waals surface area contributed by atoms with Gasteiger partial charge in [-0.1, -0.05) is 30.3 Å². The molecule has 0 spiro atoms. The molecule has 6 heteroatoms. The zero-order chi connectivity index (χ0) is 20.5. The average Bonchev–Trinajstić information content (AvgIpc) is 3.46. The lowest BCUT2D eigenvalue weighted by Gasteiger charge is -2.01. The number of amides is 1. The van der Waals surface area contributed by atoms with Crippen LogP contribution in [0.2, 0.25) is 0 Å². The van der Waals surface area contributed by atoms with E-state index in [2.05, 4.69) is 39.6 Å². The summed E-state index contributed by atoms with van der Waals surface area (Å²) in [5.74, 6) is 1.49. The molecule has 0 atom stereocenters. The molecule has 6 nitrogen and oxygen atoms in total. The van der Waals surface area contributed by atoms with Crippen LogP contribution in [0.5, 0.6) is 5.75 Å². The second kappa shape index (κ2) is 7.55. The maximum Gasteiger partial charge on any atom is 0.256 e. The molecule has 4 aromatic rings. The first-order chi connectivity index (χ1) is 14.7. The molecule has 0 bridgehead atoms. The molecule has 5 rings (SSSR count). The molecule has 0 saturated heterocycles. The number of nitrogens with zero attached hydrogens (tertiary/aromatic N) is 1. The number of carbonyl (C=O) groups excluding carboxylic acids is 1. The first-order valence-corrected chi connectivity index (χ1v) is 10.0. The van der Waals surface area contributed by atoms with Gasteiger partial charge in [0.15, 0.2) is 0 Å². The minimum Gasteiger partial charge on any atom is -0.495 e. The molecule has 1 aliphatic heterocycles. The molecule has 0 saturated carbocycles. The Morgan fingerprint density at radius 2 is 1.93 bits per heavy atom. The number of H-pyrrole nitrogens is 2. The maximum absolute atomic E-state index is 12.7. The molecule has 30 heavy (non-hydrogen) atoms. The lowest BCUT2D eigenvalue weighted by Crippen LogP contribution is -2.03. The molecule has 0 radical (unpaired) electrons. The molecule has 2 aromatic carbocycles. The summed E-state index contributed by atoms with van der Waals surface area (Å²) in [5.41, 5.74) is 6.03. The van der Waals surface area contributed by atoms with Gasteiger partial charge in [0, 0.05) is 18.2 Å². The summed E-state index contributed by atoms with van der Waals surface area (Å²) in [5, 5.41) is 2.95. The van der Waals surface area contributed by atoms with E-state index in [1.165, 1.54) is 5.56 Å². The monoisotopic (exact) mass is 398 g/mol. The summed E-state index contributed by atoms with van der Waals surface area (Å²) in [6.45, 7) is 0. The minimum absolute atomic E-state index is 0.136. The molecule has 3 N–H and O–H groups in total. The van der Waals surface area contributed by atoms with E-state index in [4.69, 9.17) is 9.72 Å². The smallest absolute Gasteiger partial charge is 0.256 e. The summed E-state index contributed by atoms with van der Waals surface area (Å²) < 4.78 is 5.36. The van der Waals surface area contributed by atoms with Gasteiger partial charge < -0.3 is 20.0 Å². The number of rotatable bonds is 6. The van der Waals surface area contributed by atoms with Crippen molar-refractivity contribution in [2.45, 2.75) is 19.3 Å². The van der Waals surface area contributed by atoms with Crippen LogP contribution in [0.4, 0.5) is 5.69 Å². The van der Waals surface area contributed by atoms with Crippen LogP contribution >= 0.6 is 0 Å². The fourth-order valence-corrected chi connectivity index (χ4v) is 3.97. The third-order valence-corrected chi connectivity index (χ3v) is 5.44. The van der Waals surface area contributed by atoms with Crippen molar-refractivity contribution in [2.24, 2.45) is 0 Å². The number of hydrogen-bond acceptors (Lipinski definition) is 3. The molecule has 150 valence electrons. The van der Waals surface area contributed by atoms with Crippen LogP contribution in [0.3, 0.4) is 0 Å². The van der Waals surface area contributed by atoms with E-state index in [-0.39, 0.29) is 5.91 Å². The van der Waals surface area contributed by atoms with Gasteiger partial charge in [0.2, 0.25) is 0 Å². The third kappa shape index (κ3) is 3.26. The van der Waals surface area contributed by atoms with Crippen LogP contribution < -0.4 is 10.1 Å². The SMILES string of the molecule is COc1cc[nH]c1C=C1C(=O)Nc2ccc3[nH]c(CCCc4ccccc4)nc3c21. The fourth-order valence-electron chi connectivity index (χ4n) is 3.97. The number of aromatic nitrogens is 3. The Labute approximate surface area is 174 Å². The number of hydrogen-bond donors (Lipinski definition) is 3. The number of nitrogens with one attached hydrogen (secondary N) is 3. The average molecular weight is 398 g/mol. The van der Waals surface area contributed by atoms with Crippen LogP contribution in [0, 0.1) is 0 Å². The van der Waals surface area contributed by atoms with Gasteiger partial charge in [0.1, 0.15) is 11.6 Å². The lowest BCUT2D eigenvalue weighted by atomic mass is 10.0. The second-order valence-corrected chi connectivity index (χ2v) is 7.38. The van der Waals surface area contributed by atoms with Gasteiger partial charge in [-0.05, 0) is 42.7 Å². The number of fused-ring (bicyclic) bond motifs is 3. The minimum atomic E-state index is -0.136.